The van der Waals surface area contributed by atoms with Gasteiger partial charge in [-0.1, -0.05) is 18.7 Å². The molecule has 17 heavy (non-hydrogen) atoms. The van der Waals surface area contributed by atoms with Crippen molar-refractivity contribution in [2.75, 3.05) is 6.61 Å². The van der Waals surface area contributed by atoms with Gasteiger partial charge in [-0.05, 0) is 37.1 Å². The van der Waals surface area contributed by atoms with Gasteiger partial charge < -0.3 is 10.5 Å². The van der Waals surface area contributed by atoms with E-state index in [-0.39, 0.29) is 11.6 Å². The molecule has 0 bridgehead atoms. The standard InChI is InChI=1S/C13H17F2NO/c1-9(2)13(14,15)8-17-12-6-4-11(5-7-12)10(3)16/h4-7,10H,1,8,16H2,2-3H3. The molecule has 0 fully saturated rings. The lowest BCUT2D eigenvalue weighted by Crippen LogP contribution is -2.26. The van der Waals surface area contributed by atoms with Gasteiger partial charge in [0, 0.05) is 6.04 Å². The molecule has 1 atom stereocenters. The topological polar surface area (TPSA) is 35.2 Å². The van der Waals surface area contributed by atoms with Gasteiger partial charge in [-0.2, -0.15) is 8.78 Å². The number of alkyl halides is 2. The van der Waals surface area contributed by atoms with Crippen molar-refractivity contribution in [2.24, 2.45) is 5.73 Å². The molecule has 2 nitrogen and oxygen atoms in total. The van der Waals surface area contributed by atoms with Crippen LogP contribution in [0.3, 0.4) is 0 Å². The molecule has 94 valence electrons. The van der Waals surface area contributed by atoms with Crippen LogP contribution in [0.25, 0.3) is 0 Å². The second-order valence-corrected chi connectivity index (χ2v) is 4.13. The van der Waals surface area contributed by atoms with Crippen molar-refractivity contribution >= 4 is 0 Å². The Bertz CT molecular complexity index is 385. The molecule has 0 heterocycles. The van der Waals surface area contributed by atoms with Crippen molar-refractivity contribution in [1.29, 1.82) is 0 Å². The van der Waals surface area contributed by atoms with Crippen LogP contribution in [0.2, 0.25) is 0 Å². The molecular formula is C13H17F2NO. The largest absolute Gasteiger partial charge is 0.487 e. The number of nitrogens with two attached hydrogens (primary N) is 1. The first-order valence-electron chi connectivity index (χ1n) is 5.35. The van der Waals surface area contributed by atoms with Crippen molar-refractivity contribution < 1.29 is 13.5 Å². The second kappa shape index (κ2) is 5.27. The summed E-state index contributed by atoms with van der Waals surface area (Å²) < 4.78 is 31.4. The SMILES string of the molecule is C=C(C)C(F)(F)COc1ccc(C(C)N)cc1. The average molecular weight is 241 g/mol. The Morgan fingerprint density at radius 2 is 1.94 bits per heavy atom. The quantitative estimate of drug-likeness (QED) is 0.803. The molecular weight excluding hydrogens is 224 g/mol. The summed E-state index contributed by atoms with van der Waals surface area (Å²) in [7, 11) is 0. The second-order valence-electron chi connectivity index (χ2n) is 4.13. The molecule has 1 unspecified atom stereocenters. The van der Waals surface area contributed by atoms with Gasteiger partial charge in [0.1, 0.15) is 5.75 Å². The molecule has 1 rings (SSSR count). The summed E-state index contributed by atoms with van der Waals surface area (Å²) in [5, 5.41) is 0. The Morgan fingerprint density at radius 1 is 1.41 bits per heavy atom. The first-order valence-corrected chi connectivity index (χ1v) is 5.35. The summed E-state index contributed by atoms with van der Waals surface area (Å²) in [6, 6.07) is 6.71. The Morgan fingerprint density at radius 3 is 2.35 bits per heavy atom. The fourth-order valence-corrected chi connectivity index (χ4v) is 1.16. The maximum Gasteiger partial charge on any atom is 0.302 e. The van der Waals surface area contributed by atoms with Crippen molar-refractivity contribution in [3.8, 4) is 5.75 Å². The van der Waals surface area contributed by atoms with Gasteiger partial charge in [-0.25, -0.2) is 0 Å². The van der Waals surface area contributed by atoms with Gasteiger partial charge in [-0.15, -0.1) is 0 Å². The Labute approximate surface area is 100 Å². The van der Waals surface area contributed by atoms with Crippen LogP contribution in [0.4, 0.5) is 8.78 Å². The van der Waals surface area contributed by atoms with Crippen LogP contribution < -0.4 is 10.5 Å². The van der Waals surface area contributed by atoms with Crippen LogP contribution in [0, 0.1) is 0 Å². The Balaban J connectivity index is 2.62. The predicted octanol–water partition coefficient (Wildman–Crippen LogP) is 3.30. The van der Waals surface area contributed by atoms with Crippen LogP contribution in [0.1, 0.15) is 25.5 Å². The highest BCUT2D eigenvalue weighted by molar-refractivity contribution is 5.29. The third-order valence-corrected chi connectivity index (χ3v) is 2.45. The number of halogens is 2. The van der Waals surface area contributed by atoms with Crippen LogP contribution in [0.5, 0.6) is 5.75 Å². The van der Waals surface area contributed by atoms with Gasteiger partial charge >= 0.3 is 5.92 Å². The molecule has 0 aromatic heterocycles. The van der Waals surface area contributed by atoms with Gasteiger partial charge in [0.25, 0.3) is 0 Å². The summed E-state index contributed by atoms with van der Waals surface area (Å²) in [5.41, 5.74) is 6.40. The van der Waals surface area contributed by atoms with Crippen molar-refractivity contribution in [1.82, 2.24) is 0 Å². The highest BCUT2D eigenvalue weighted by Crippen LogP contribution is 2.24. The first-order chi connectivity index (χ1) is 7.83. The maximum absolute atomic E-state index is 13.2. The minimum Gasteiger partial charge on any atom is -0.487 e. The first kappa shape index (κ1) is 13.6. The Hall–Kier alpha value is -1.42. The molecule has 0 aliphatic rings. The van der Waals surface area contributed by atoms with Crippen LogP contribution in [0.15, 0.2) is 36.4 Å². The van der Waals surface area contributed by atoms with Crippen molar-refractivity contribution in [3.63, 3.8) is 0 Å². The van der Waals surface area contributed by atoms with E-state index in [0.717, 1.165) is 5.56 Å². The van der Waals surface area contributed by atoms with E-state index < -0.39 is 12.5 Å². The van der Waals surface area contributed by atoms with E-state index in [1.165, 1.54) is 6.92 Å². The van der Waals surface area contributed by atoms with E-state index in [4.69, 9.17) is 10.5 Å². The lowest BCUT2D eigenvalue weighted by atomic mass is 10.1. The van der Waals surface area contributed by atoms with E-state index in [0.29, 0.717) is 5.75 Å². The molecule has 0 saturated heterocycles. The number of ether oxygens (including phenoxy) is 1. The number of benzene rings is 1. The van der Waals surface area contributed by atoms with Crippen molar-refractivity contribution in [3.05, 3.63) is 42.0 Å². The van der Waals surface area contributed by atoms with Crippen LogP contribution >= 0.6 is 0 Å². The van der Waals surface area contributed by atoms with Crippen LogP contribution in [-0.4, -0.2) is 12.5 Å². The number of rotatable bonds is 5. The lowest BCUT2D eigenvalue weighted by molar-refractivity contribution is -0.00555. The molecule has 0 aliphatic heterocycles. The molecule has 0 amide bonds. The van der Waals surface area contributed by atoms with E-state index in [9.17, 15) is 8.78 Å². The maximum atomic E-state index is 13.2. The van der Waals surface area contributed by atoms with Gasteiger partial charge in [-0.3, -0.25) is 0 Å². The molecule has 0 spiro atoms. The average Bonchev–Trinajstić information content (AvgIpc) is 2.27. The third-order valence-electron chi connectivity index (χ3n) is 2.45. The fraction of sp³-hybridized carbons (Fsp3) is 0.385. The molecule has 4 heteroatoms. The summed E-state index contributed by atoms with van der Waals surface area (Å²) >= 11 is 0. The fourth-order valence-electron chi connectivity index (χ4n) is 1.16. The minimum absolute atomic E-state index is 0.0825. The van der Waals surface area contributed by atoms with Crippen molar-refractivity contribution in [2.45, 2.75) is 25.8 Å². The highest BCUT2D eigenvalue weighted by atomic mass is 19.3. The summed E-state index contributed by atoms with van der Waals surface area (Å²) in [5.74, 6) is -2.60. The zero-order valence-electron chi connectivity index (χ0n) is 10.0. The molecule has 1 aromatic rings. The zero-order chi connectivity index (χ0) is 13.1. The summed E-state index contributed by atoms with van der Waals surface area (Å²) in [4.78, 5) is 0. The van der Waals surface area contributed by atoms with Gasteiger partial charge in [0.15, 0.2) is 6.61 Å². The Kier molecular flexibility index (Phi) is 4.23. The summed E-state index contributed by atoms with van der Waals surface area (Å²) in [6.07, 6.45) is 0. The number of hydrogen-bond acceptors (Lipinski definition) is 2. The monoisotopic (exact) mass is 241 g/mol. The third kappa shape index (κ3) is 3.82. The van der Waals surface area contributed by atoms with E-state index in [1.807, 2.05) is 6.92 Å². The van der Waals surface area contributed by atoms with Crippen LogP contribution in [-0.2, 0) is 0 Å². The highest BCUT2D eigenvalue weighted by Gasteiger charge is 2.30. The molecule has 1 aromatic carbocycles. The normalized spacial score (nSPS) is 13.2. The van der Waals surface area contributed by atoms with E-state index in [1.54, 1.807) is 24.3 Å². The van der Waals surface area contributed by atoms with E-state index in [2.05, 4.69) is 6.58 Å². The lowest BCUT2D eigenvalue weighted by Gasteiger charge is -2.17. The zero-order valence-corrected chi connectivity index (χ0v) is 10.0. The predicted molar refractivity (Wildman–Crippen MR) is 64.3 cm³/mol. The molecule has 2 N–H and O–H groups in total. The number of hydrogen-bond donors (Lipinski definition) is 1. The van der Waals surface area contributed by atoms with E-state index >= 15 is 0 Å². The smallest absolute Gasteiger partial charge is 0.302 e. The molecule has 0 aliphatic carbocycles. The molecule has 0 radical (unpaired) electrons. The molecule has 0 saturated carbocycles. The summed E-state index contributed by atoms with van der Waals surface area (Å²) in [6.45, 7) is 5.67. The van der Waals surface area contributed by atoms with Gasteiger partial charge in [0.05, 0.1) is 0 Å². The van der Waals surface area contributed by atoms with Gasteiger partial charge in [0.2, 0.25) is 0 Å². The minimum atomic E-state index is -3.00.